The van der Waals surface area contributed by atoms with E-state index in [1.54, 1.807) is 0 Å². The smallest absolute Gasteiger partial charge is 0.327 e. The zero-order valence-electron chi connectivity index (χ0n) is 10.4. The lowest BCUT2D eigenvalue weighted by Crippen LogP contribution is -2.64. The van der Waals surface area contributed by atoms with Crippen molar-refractivity contribution in [2.75, 3.05) is 5.75 Å². The van der Waals surface area contributed by atoms with Crippen molar-refractivity contribution in [1.29, 1.82) is 0 Å². The van der Waals surface area contributed by atoms with Crippen molar-refractivity contribution in [2.24, 2.45) is 11.1 Å². The molecule has 0 aromatic rings. The minimum absolute atomic E-state index is 0.0830. The molecule has 4 nitrogen and oxygen atoms in total. The Morgan fingerprint density at radius 1 is 1.39 bits per heavy atom. The standard InChI is InChI=1S/C10H19F3N2O2S/c1-9(2)7(14)6-8(9)15-18(16,17)5-3-4-10(11,12)13/h7-8,15H,3-6,14H2,1-2H3. The van der Waals surface area contributed by atoms with Crippen LogP contribution in [0.15, 0.2) is 0 Å². The number of alkyl halides is 3. The lowest BCUT2D eigenvalue weighted by molar-refractivity contribution is -0.134. The van der Waals surface area contributed by atoms with Crippen molar-refractivity contribution in [2.45, 2.75) is 51.4 Å². The van der Waals surface area contributed by atoms with Gasteiger partial charge in [-0.1, -0.05) is 13.8 Å². The van der Waals surface area contributed by atoms with E-state index in [4.69, 9.17) is 5.73 Å². The van der Waals surface area contributed by atoms with Crippen LogP contribution in [0.25, 0.3) is 0 Å². The van der Waals surface area contributed by atoms with Crippen LogP contribution in [-0.4, -0.2) is 32.4 Å². The Kier molecular flexibility index (Phi) is 4.34. The summed E-state index contributed by atoms with van der Waals surface area (Å²) >= 11 is 0. The highest BCUT2D eigenvalue weighted by atomic mass is 32.2. The summed E-state index contributed by atoms with van der Waals surface area (Å²) in [6, 6.07) is -0.372. The monoisotopic (exact) mass is 288 g/mol. The van der Waals surface area contributed by atoms with Gasteiger partial charge in [-0.2, -0.15) is 13.2 Å². The summed E-state index contributed by atoms with van der Waals surface area (Å²) in [5.41, 5.74) is 5.39. The van der Waals surface area contributed by atoms with E-state index in [-0.39, 0.29) is 17.5 Å². The maximum Gasteiger partial charge on any atom is 0.389 e. The second kappa shape index (κ2) is 4.97. The molecule has 0 spiro atoms. The van der Waals surface area contributed by atoms with Crippen molar-refractivity contribution < 1.29 is 21.6 Å². The minimum atomic E-state index is -4.31. The van der Waals surface area contributed by atoms with Gasteiger partial charge >= 0.3 is 6.18 Å². The van der Waals surface area contributed by atoms with Gasteiger partial charge < -0.3 is 5.73 Å². The third-order valence-corrected chi connectivity index (χ3v) is 5.01. The number of hydrogen-bond acceptors (Lipinski definition) is 3. The molecule has 1 fully saturated rings. The quantitative estimate of drug-likeness (QED) is 0.802. The molecule has 18 heavy (non-hydrogen) atoms. The summed E-state index contributed by atoms with van der Waals surface area (Å²) < 4.78 is 61.4. The van der Waals surface area contributed by atoms with Crippen LogP contribution in [-0.2, 0) is 10.0 Å². The van der Waals surface area contributed by atoms with Crippen molar-refractivity contribution in [3.63, 3.8) is 0 Å². The molecule has 0 amide bonds. The molecule has 1 rings (SSSR count). The van der Waals surface area contributed by atoms with Gasteiger partial charge in [0.15, 0.2) is 0 Å². The van der Waals surface area contributed by atoms with E-state index >= 15 is 0 Å². The van der Waals surface area contributed by atoms with Crippen LogP contribution >= 0.6 is 0 Å². The molecular weight excluding hydrogens is 269 g/mol. The van der Waals surface area contributed by atoms with Gasteiger partial charge in [0.25, 0.3) is 0 Å². The lowest BCUT2D eigenvalue weighted by Gasteiger charge is -2.50. The summed E-state index contributed by atoms with van der Waals surface area (Å²) in [6.07, 6.45) is -5.29. The van der Waals surface area contributed by atoms with E-state index in [9.17, 15) is 21.6 Å². The molecule has 2 atom stereocenters. The van der Waals surface area contributed by atoms with Gasteiger partial charge in [-0.3, -0.25) is 0 Å². The fourth-order valence-corrected chi connectivity index (χ4v) is 3.37. The average molecular weight is 288 g/mol. The molecule has 1 aliphatic carbocycles. The molecule has 108 valence electrons. The second-order valence-electron chi connectivity index (χ2n) is 5.37. The van der Waals surface area contributed by atoms with Gasteiger partial charge in [-0.25, -0.2) is 13.1 Å². The molecular formula is C10H19F3N2O2S. The van der Waals surface area contributed by atoms with Crippen LogP contribution in [0.5, 0.6) is 0 Å². The van der Waals surface area contributed by atoms with E-state index in [1.807, 2.05) is 13.8 Å². The van der Waals surface area contributed by atoms with Crippen LogP contribution in [0.3, 0.4) is 0 Å². The Balaban J connectivity index is 2.42. The molecule has 0 aliphatic heterocycles. The first-order valence-electron chi connectivity index (χ1n) is 5.76. The molecule has 0 aromatic heterocycles. The first-order valence-corrected chi connectivity index (χ1v) is 7.41. The van der Waals surface area contributed by atoms with E-state index in [2.05, 4.69) is 4.72 Å². The number of rotatable bonds is 5. The van der Waals surface area contributed by atoms with E-state index in [1.165, 1.54) is 0 Å². The van der Waals surface area contributed by atoms with Gasteiger partial charge in [-0.15, -0.1) is 0 Å². The number of halogens is 3. The van der Waals surface area contributed by atoms with Crippen molar-refractivity contribution >= 4 is 10.0 Å². The first kappa shape index (κ1) is 15.7. The zero-order chi connectivity index (χ0) is 14.2. The fourth-order valence-electron chi connectivity index (χ4n) is 1.90. The van der Waals surface area contributed by atoms with E-state index in [0.29, 0.717) is 6.42 Å². The second-order valence-corrected chi connectivity index (χ2v) is 7.25. The number of sulfonamides is 1. The van der Waals surface area contributed by atoms with Gasteiger partial charge in [0.1, 0.15) is 0 Å². The first-order chi connectivity index (χ1) is 7.94. The van der Waals surface area contributed by atoms with Crippen LogP contribution in [0, 0.1) is 5.41 Å². The highest BCUT2D eigenvalue weighted by molar-refractivity contribution is 7.89. The third-order valence-electron chi connectivity index (χ3n) is 3.54. The van der Waals surface area contributed by atoms with Crippen LogP contribution in [0.4, 0.5) is 13.2 Å². The molecule has 0 heterocycles. The number of nitrogens with two attached hydrogens (primary N) is 1. The molecule has 1 aliphatic rings. The summed E-state index contributed by atoms with van der Waals surface area (Å²) in [7, 11) is -3.66. The van der Waals surface area contributed by atoms with Crippen molar-refractivity contribution in [3.8, 4) is 0 Å². The Bertz CT molecular complexity index is 392. The van der Waals surface area contributed by atoms with Gasteiger partial charge in [0.05, 0.1) is 5.75 Å². The van der Waals surface area contributed by atoms with E-state index in [0.717, 1.165) is 0 Å². The SMILES string of the molecule is CC1(C)C(N)CC1NS(=O)(=O)CCCC(F)(F)F. The molecule has 0 bridgehead atoms. The highest BCUT2D eigenvalue weighted by Crippen LogP contribution is 2.39. The predicted molar refractivity (Wildman–Crippen MR) is 62.4 cm³/mol. The Hall–Kier alpha value is -0.340. The predicted octanol–water partition coefficient (Wildman–Crippen LogP) is 1.37. The number of hydrogen-bond donors (Lipinski definition) is 2. The van der Waals surface area contributed by atoms with Crippen LogP contribution < -0.4 is 10.5 Å². The molecule has 0 saturated heterocycles. The summed E-state index contributed by atoms with van der Waals surface area (Å²) in [5.74, 6) is -0.506. The summed E-state index contributed by atoms with van der Waals surface area (Å²) in [4.78, 5) is 0. The maximum absolute atomic E-state index is 11.9. The summed E-state index contributed by atoms with van der Waals surface area (Å²) in [5, 5.41) is 0. The van der Waals surface area contributed by atoms with Gasteiger partial charge in [0, 0.05) is 18.5 Å². The Morgan fingerprint density at radius 3 is 2.33 bits per heavy atom. The lowest BCUT2D eigenvalue weighted by atomic mass is 9.64. The van der Waals surface area contributed by atoms with Gasteiger partial charge in [0.2, 0.25) is 10.0 Å². The molecule has 8 heteroatoms. The topological polar surface area (TPSA) is 72.2 Å². The Morgan fingerprint density at radius 2 is 1.94 bits per heavy atom. The minimum Gasteiger partial charge on any atom is -0.327 e. The molecule has 3 N–H and O–H groups in total. The van der Waals surface area contributed by atoms with E-state index < -0.39 is 34.8 Å². The summed E-state index contributed by atoms with van der Waals surface area (Å²) in [6.45, 7) is 3.67. The van der Waals surface area contributed by atoms with Crippen molar-refractivity contribution in [3.05, 3.63) is 0 Å². The van der Waals surface area contributed by atoms with Crippen molar-refractivity contribution in [1.82, 2.24) is 4.72 Å². The fraction of sp³-hybridized carbons (Fsp3) is 1.00. The number of nitrogens with one attached hydrogen (secondary N) is 1. The molecule has 1 saturated carbocycles. The maximum atomic E-state index is 11.9. The van der Waals surface area contributed by atoms with Crippen LogP contribution in [0.2, 0.25) is 0 Å². The molecule has 0 aromatic carbocycles. The van der Waals surface area contributed by atoms with Crippen LogP contribution in [0.1, 0.15) is 33.1 Å². The molecule has 2 unspecified atom stereocenters. The van der Waals surface area contributed by atoms with Gasteiger partial charge in [-0.05, 0) is 18.3 Å². The largest absolute Gasteiger partial charge is 0.389 e. The average Bonchev–Trinajstić information content (AvgIpc) is 2.14. The highest BCUT2D eigenvalue weighted by Gasteiger charge is 2.47. The Labute approximate surface area is 105 Å². The zero-order valence-corrected chi connectivity index (χ0v) is 11.2. The molecule has 0 radical (unpaired) electrons. The third kappa shape index (κ3) is 4.10. The normalized spacial score (nSPS) is 27.9.